The highest BCUT2D eigenvalue weighted by Gasteiger charge is 2.33. The molecule has 2 aromatic rings. The van der Waals surface area contributed by atoms with E-state index in [9.17, 15) is 17.6 Å². The summed E-state index contributed by atoms with van der Waals surface area (Å²) in [5.41, 5.74) is -1.14. The first-order chi connectivity index (χ1) is 8.43. The average Bonchev–Trinajstić information content (AvgIpc) is 2.77. The number of benzene rings is 1. The van der Waals surface area contributed by atoms with Gasteiger partial charge < -0.3 is 5.11 Å². The predicted octanol–water partition coefficient (Wildman–Crippen LogP) is 2.52. The molecule has 3 nitrogen and oxygen atoms in total. The third kappa shape index (κ3) is 2.21. The van der Waals surface area contributed by atoms with Gasteiger partial charge in [0, 0.05) is 11.8 Å². The topological polar surface area (TPSA) is 38.0 Å². The first-order valence-electron chi connectivity index (χ1n) is 4.95. The molecule has 0 saturated heterocycles. The van der Waals surface area contributed by atoms with Gasteiger partial charge in [-0.2, -0.15) is 18.3 Å². The minimum atomic E-state index is -4.59. The Morgan fingerprint density at radius 1 is 1.22 bits per heavy atom. The zero-order valence-corrected chi connectivity index (χ0v) is 8.95. The molecular formula is C11H8F4N2O. The van der Waals surface area contributed by atoms with E-state index >= 15 is 0 Å². The van der Waals surface area contributed by atoms with Gasteiger partial charge >= 0.3 is 6.18 Å². The quantitative estimate of drug-likeness (QED) is 0.842. The van der Waals surface area contributed by atoms with E-state index in [1.807, 2.05) is 0 Å². The lowest BCUT2D eigenvalue weighted by Crippen LogP contribution is -2.09. The Kier molecular flexibility index (Phi) is 3.08. The maximum atomic E-state index is 13.6. The van der Waals surface area contributed by atoms with Gasteiger partial charge in [-0.05, 0) is 12.1 Å². The Morgan fingerprint density at radius 3 is 2.50 bits per heavy atom. The molecule has 0 spiro atoms. The van der Waals surface area contributed by atoms with E-state index in [1.165, 1.54) is 12.1 Å². The zero-order chi connectivity index (χ0) is 13.3. The molecule has 0 fully saturated rings. The molecule has 0 radical (unpaired) electrons. The largest absolute Gasteiger partial charge is 0.435 e. The molecule has 96 valence electrons. The first kappa shape index (κ1) is 12.6. The van der Waals surface area contributed by atoms with Crippen LogP contribution < -0.4 is 0 Å². The number of alkyl halides is 3. The van der Waals surface area contributed by atoms with Crippen LogP contribution >= 0.6 is 0 Å². The maximum absolute atomic E-state index is 13.6. The van der Waals surface area contributed by atoms with Crippen molar-refractivity contribution in [2.75, 3.05) is 0 Å². The molecular weight excluding hydrogens is 252 g/mol. The van der Waals surface area contributed by atoms with Crippen molar-refractivity contribution in [1.29, 1.82) is 0 Å². The number of aliphatic hydroxyl groups excluding tert-OH is 1. The van der Waals surface area contributed by atoms with Crippen molar-refractivity contribution >= 4 is 0 Å². The Labute approximate surface area is 99.3 Å². The van der Waals surface area contributed by atoms with E-state index in [0.717, 1.165) is 23.0 Å². The number of nitrogens with zero attached hydrogens (tertiary/aromatic N) is 2. The maximum Gasteiger partial charge on any atom is 0.435 e. The van der Waals surface area contributed by atoms with Gasteiger partial charge in [0.2, 0.25) is 0 Å². The molecule has 1 N–H and O–H groups in total. The fourth-order valence-corrected chi connectivity index (χ4v) is 1.54. The van der Waals surface area contributed by atoms with Gasteiger partial charge in [0.25, 0.3) is 0 Å². The second-order valence-electron chi connectivity index (χ2n) is 3.55. The number of rotatable bonds is 2. The van der Waals surface area contributed by atoms with Crippen LogP contribution in [0.1, 0.15) is 11.3 Å². The summed E-state index contributed by atoms with van der Waals surface area (Å²) in [4.78, 5) is 0. The second-order valence-corrected chi connectivity index (χ2v) is 3.55. The highest BCUT2D eigenvalue weighted by atomic mass is 19.4. The number of aromatic nitrogens is 2. The van der Waals surface area contributed by atoms with E-state index in [4.69, 9.17) is 5.11 Å². The molecule has 1 aromatic heterocycles. The summed E-state index contributed by atoms with van der Waals surface area (Å²) in [5, 5.41) is 12.3. The molecule has 0 aliphatic carbocycles. The van der Waals surface area contributed by atoms with E-state index in [-0.39, 0.29) is 11.3 Å². The number of aliphatic hydroxyl groups is 1. The standard InChI is InChI=1S/C11H8F4N2O/c12-8-3-1-2-7(6-18)10(8)17-5-4-9(16-17)11(13,14)15/h1-5,18H,6H2. The van der Waals surface area contributed by atoms with Crippen LogP contribution in [-0.4, -0.2) is 14.9 Å². The Bertz CT molecular complexity index is 562. The molecule has 1 heterocycles. The molecule has 0 amide bonds. The van der Waals surface area contributed by atoms with Crippen LogP contribution in [0.4, 0.5) is 17.6 Å². The molecule has 7 heteroatoms. The van der Waals surface area contributed by atoms with Gasteiger partial charge in [-0.3, -0.25) is 0 Å². The van der Waals surface area contributed by atoms with Gasteiger partial charge in [0.05, 0.1) is 6.61 Å². The van der Waals surface area contributed by atoms with Crippen LogP contribution in [0.5, 0.6) is 0 Å². The van der Waals surface area contributed by atoms with E-state index in [0.29, 0.717) is 0 Å². The van der Waals surface area contributed by atoms with Crippen molar-refractivity contribution in [3.05, 3.63) is 47.5 Å². The van der Waals surface area contributed by atoms with Crippen molar-refractivity contribution in [3.8, 4) is 5.69 Å². The lowest BCUT2D eigenvalue weighted by molar-refractivity contribution is -0.141. The van der Waals surface area contributed by atoms with Crippen molar-refractivity contribution in [2.24, 2.45) is 0 Å². The molecule has 0 aliphatic rings. The summed E-state index contributed by atoms with van der Waals surface area (Å²) in [7, 11) is 0. The SMILES string of the molecule is OCc1cccc(F)c1-n1ccc(C(F)(F)F)n1. The normalized spacial score (nSPS) is 11.8. The molecule has 1 aromatic carbocycles. The van der Waals surface area contributed by atoms with Crippen LogP contribution in [0.25, 0.3) is 5.69 Å². The third-order valence-electron chi connectivity index (χ3n) is 2.35. The van der Waals surface area contributed by atoms with Gasteiger partial charge in [0.15, 0.2) is 5.69 Å². The molecule has 0 atom stereocenters. The van der Waals surface area contributed by atoms with Crippen molar-refractivity contribution in [2.45, 2.75) is 12.8 Å². The summed E-state index contributed by atoms with van der Waals surface area (Å²) in [5.74, 6) is -0.752. The smallest absolute Gasteiger partial charge is 0.392 e. The van der Waals surface area contributed by atoms with Crippen LogP contribution in [-0.2, 0) is 12.8 Å². The number of hydrogen-bond acceptors (Lipinski definition) is 2. The summed E-state index contributed by atoms with van der Waals surface area (Å²) < 4.78 is 51.5. The minimum absolute atomic E-state index is 0.159. The van der Waals surface area contributed by atoms with E-state index < -0.39 is 24.3 Å². The Hall–Kier alpha value is -1.89. The second kappa shape index (κ2) is 4.41. The summed E-state index contributed by atoms with van der Waals surface area (Å²) in [6.45, 7) is -0.492. The van der Waals surface area contributed by atoms with Crippen LogP contribution in [0.3, 0.4) is 0 Å². The molecule has 0 aliphatic heterocycles. The molecule has 0 saturated carbocycles. The fourth-order valence-electron chi connectivity index (χ4n) is 1.54. The van der Waals surface area contributed by atoms with Crippen molar-refractivity contribution in [1.82, 2.24) is 9.78 Å². The fraction of sp³-hybridized carbons (Fsp3) is 0.182. The zero-order valence-electron chi connectivity index (χ0n) is 8.95. The van der Waals surface area contributed by atoms with Gasteiger partial charge in [-0.1, -0.05) is 12.1 Å². The third-order valence-corrected chi connectivity index (χ3v) is 2.35. The molecule has 0 unspecified atom stereocenters. The molecule has 0 bridgehead atoms. The summed E-state index contributed by atoms with van der Waals surface area (Å²) >= 11 is 0. The van der Waals surface area contributed by atoms with Gasteiger partial charge in [-0.15, -0.1) is 0 Å². The molecule has 2 rings (SSSR count). The Morgan fingerprint density at radius 2 is 1.94 bits per heavy atom. The Balaban J connectivity index is 2.53. The molecule has 18 heavy (non-hydrogen) atoms. The highest BCUT2D eigenvalue weighted by Crippen LogP contribution is 2.28. The monoisotopic (exact) mass is 260 g/mol. The van der Waals surface area contributed by atoms with Gasteiger partial charge in [-0.25, -0.2) is 9.07 Å². The number of halogens is 4. The summed E-state index contributed by atoms with van der Waals surface area (Å²) in [6.07, 6.45) is -3.59. The van der Waals surface area contributed by atoms with Crippen LogP contribution in [0.2, 0.25) is 0 Å². The predicted molar refractivity (Wildman–Crippen MR) is 54.4 cm³/mol. The van der Waals surface area contributed by atoms with E-state index in [1.54, 1.807) is 0 Å². The van der Waals surface area contributed by atoms with Gasteiger partial charge in [0.1, 0.15) is 11.5 Å². The highest BCUT2D eigenvalue weighted by molar-refractivity contribution is 5.41. The van der Waals surface area contributed by atoms with Crippen LogP contribution in [0, 0.1) is 5.82 Å². The number of hydrogen-bond donors (Lipinski definition) is 1. The first-order valence-corrected chi connectivity index (χ1v) is 4.95. The average molecular weight is 260 g/mol. The van der Waals surface area contributed by atoms with Crippen molar-refractivity contribution < 1.29 is 22.7 Å². The lowest BCUT2D eigenvalue weighted by Gasteiger charge is -2.08. The van der Waals surface area contributed by atoms with E-state index in [2.05, 4.69) is 5.10 Å². The minimum Gasteiger partial charge on any atom is -0.392 e. The number of para-hydroxylation sites is 1. The van der Waals surface area contributed by atoms with Crippen LogP contribution in [0.15, 0.2) is 30.5 Å². The van der Waals surface area contributed by atoms with Crippen molar-refractivity contribution in [3.63, 3.8) is 0 Å². The summed E-state index contributed by atoms with van der Waals surface area (Å²) in [6, 6.07) is 4.60. The lowest BCUT2D eigenvalue weighted by atomic mass is 10.2.